The van der Waals surface area contributed by atoms with E-state index in [4.69, 9.17) is 0 Å². The van der Waals surface area contributed by atoms with Gasteiger partial charge in [0.2, 0.25) is 0 Å². The number of hydrogen-bond acceptors (Lipinski definition) is 3. The van der Waals surface area contributed by atoms with Crippen molar-refractivity contribution in [2.45, 2.75) is 25.2 Å². The second-order valence-electron chi connectivity index (χ2n) is 8.33. The molecular formula is C18H20N2O2S. The molecule has 2 bridgehead atoms. The highest BCUT2D eigenvalue weighted by Gasteiger charge is 2.98. The van der Waals surface area contributed by atoms with Gasteiger partial charge < -0.3 is 0 Å². The number of nitrogens with zero attached hydrogens (tertiary/aromatic N) is 1. The van der Waals surface area contributed by atoms with Gasteiger partial charge in [-0.1, -0.05) is 17.7 Å². The van der Waals surface area contributed by atoms with E-state index in [1.807, 2.05) is 26.0 Å². The van der Waals surface area contributed by atoms with Crippen molar-refractivity contribution >= 4 is 15.7 Å². The van der Waals surface area contributed by atoms with Crippen LogP contribution in [0, 0.1) is 53.8 Å². The quantitative estimate of drug-likeness (QED) is 0.681. The first-order chi connectivity index (χ1) is 11.0. The van der Waals surface area contributed by atoms with Crippen molar-refractivity contribution in [2.24, 2.45) is 51.9 Å². The van der Waals surface area contributed by atoms with Crippen molar-refractivity contribution in [1.82, 2.24) is 4.83 Å². The Morgan fingerprint density at radius 1 is 1.13 bits per heavy atom. The number of hydrogen-bond donors (Lipinski definition) is 1. The van der Waals surface area contributed by atoms with Crippen molar-refractivity contribution in [2.75, 3.05) is 0 Å². The van der Waals surface area contributed by atoms with E-state index in [-0.39, 0.29) is 4.90 Å². The number of nitrogens with one attached hydrogen (secondary N) is 1. The van der Waals surface area contributed by atoms with E-state index in [1.54, 1.807) is 12.1 Å². The van der Waals surface area contributed by atoms with Gasteiger partial charge in [-0.05, 0) is 73.8 Å². The molecule has 1 aromatic rings. The molecule has 120 valence electrons. The average molecular weight is 328 g/mol. The highest BCUT2D eigenvalue weighted by molar-refractivity contribution is 7.89. The average Bonchev–Trinajstić information content (AvgIpc) is 2.75. The molecule has 0 amide bonds. The molecular weight excluding hydrogens is 308 g/mol. The van der Waals surface area contributed by atoms with E-state index in [1.165, 1.54) is 6.42 Å². The van der Waals surface area contributed by atoms with Gasteiger partial charge >= 0.3 is 0 Å². The summed E-state index contributed by atoms with van der Waals surface area (Å²) in [7, 11) is -3.56. The number of benzene rings is 1. The minimum Gasteiger partial charge on any atom is -0.200 e. The highest BCUT2D eigenvalue weighted by atomic mass is 32.2. The lowest BCUT2D eigenvalue weighted by Gasteiger charge is -2.91. The van der Waals surface area contributed by atoms with Gasteiger partial charge in [0.25, 0.3) is 10.0 Å². The Balaban J connectivity index is 1.27. The van der Waals surface area contributed by atoms with Crippen LogP contribution in [0.15, 0.2) is 34.3 Å². The Bertz CT molecular complexity index is 849. The first-order valence-electron chi connectivity index (χ1n) is 8.61. The highest BCUT2D eigenvalue weighted by Crippen LogP contribution is 3.00. The van der Waals surface area contributed by atoms with Crippen molar-refractivity contribution < 1.29 is 8.42 Å². The Labute approximate surface area is 136 Å². The molecule has 8 atom stereocenters. The maximum atomic E-state index is 12.4. The molecule has 0 radical (unpaired) electrons. The summed E-state index contributed by atoms with van der Waals surface area (Å²) in [6.45, 7) is 3.99. The van der Waals surface area contributed by atoms with Gasteiger partial charge in [-0.15, -0.1) is 0 Å². The summed E-state index contributed by atoms with van der Waals surface area (Å²) in [5, 5.41) is 4.36. The van der Waals surface area contributed by atoms with Crippen LogP contribution in [-0.2, 0) is 10.0 Å². The molecule has 0 aromatic heterocycles. The maximum absolute atomic E-state index is 12.4. The smallest absolute Gasteiger partial charge is 0.200 e. The third-order valence-corrected chi connectivity index (χ3v) is 9.28. The molecule has 0 heterocycles. The third-order valence-electron chi connectivity index (χ3n) is 8.06. The summed E-state index contributed by atoms with van der Waals surface area (Å²) in [5.41, 5.74) is 2.38. The zero-order chi connectivity index (χ0) is 15.7. The van der Waals surface area contributed by atoms with E-state index in [9.17, 15) is 8.42 Å². The zero-order valence-electron chi connectivity index (χ0n) is 13.2. The van der Waals surface area contributed by atoms with Crippen LogP contribution >= 0.6 is 0 Å². The minimum absolute atomic E-state index is 0.284. The zero-order valence-corrected chi connectivity index (χ0v) is 14.0. The second-order valence-corrected chi connectivity index (χ2v) is 9.99. The summed E-state index contributed by atoms with van der Waals surface area (Å²) in [6.07, 6.45) is 1.45. The topological polar surface area (TPSA) is 58.5 Å². The molecule has 0 saturated heterocycles. The summed E-state index contributed by atoms with van der Waals surface area (Å²) in [4.78, 5) is 2.77. The Hall–Kier alpha value is -1.36. The summed E-state index contributed by atoms with van der Waals surface area (Å²) >= 11 is 0. The summed E-state index contributed by atoms with van der Waals surface area (Å²) < 4.78 is 24.8. The fourth-order valence-corrected chi connectivity index (χ4v) is 8.46. The van der Waals surface area contributed by atoms with E-state index >= 15 is 0 Å². The molecule has 6 aliphatic carbocycles. The van der Waals surface area contributed by atoms with Crippen molar-refractivity contribution in [3.05, 3.63) is 29.8 Å². The van der Waals surface area contributed by atoms with E-state index in [0.717, 1.165) is 52.7 Å². The van der Waals surface area contributed by atoms with Crippen LogP contribution in [0.25, 0.3) is 0 Å². The SMILES string of the molecule is C/C(=N\NS(=O)(=O)c1ccc(C)cc1)C12C3[C@@H]4C5CC([C@H]41)[C@H]2[C@@H]53. The molecule has 1 N–H and O–H groups in total. The fraction of sp³-hybridized carbons (Fsp3) is 0.611. The number of rotatable bonds is 4. The van der Waals surface area contributed by atoms with Crippen LogP contribution in [0.2, 0.25) is 0 Å². The molecule has 6 saturated carbocycles. The first-order valence-corrected chi connectivity index (χ1v) is 10.1. The van der Waals surface area contributed by atoms with Crippen molar-refractivity contribution in [3.63, 3.8) is 0 Å². The molecule has 5 heteroatoms. The number of sulfonamides is 1. The van der Waals surface area contributed by atoms with E-state index in [2.05, 4.69) is 9.93 Å². The molecule has 6 fully saturated rings. The van der Waals surface area contributed by atoms with Crippen LogP contribution in [0.4, 0.5) is 0 Å². The largest absolute Gasteiger partial charge is 0.276 e. The van der Waals surface area contributed by atoms with E-state index < -0.39 is 10.0 Å². The van der Waals surface area contributed by atoms with Gasteiger partial charge in [-0.3, -0.25) is 0 Å². The Morgan fingerprint density at radius 3 is 2.39 bits per heavy atom. The lowest BCUT2D eigenvalue weighted by atomic mass is 9.12. The van der Waals surface area contributed by atoms with Crippen LogP contribution in [0.1, 0.15) is 18.9 Å². The molecule has 4 nitrogen and oxygen atoms in total. The number of aryl methyl sites for hydroxylation is 1. The van der Waals surface area contributed by atoms with Crippen LogP contribution in [-0.4, -0.2) is 14.1 Å². The second kappa shape index (κ2) is 3.51. The summed E-state index contributed by atoms with van der Waals surface area (Å²) in [6, 6.07) is 6.90. The lowest BCUT2D eigenvalue weighted by molar-refractivity contribution is -0.414. The van der Waals surface area contributed by atoms with Crippen molar-refractivity contribution in [1.29, 1.82) is 0 Å². The standard InChI is InChI=1S/C18H20N2O2S/c1-8-3-5-10(6-4-8)23(21,22)20-19-9(2)18-15-12-7-11-13(15)17(18)14(11)16(12)18/h3-6,11-17,20H,7H2,1-2H3/b19-9+/t11?,12?,13-,14-,15-,16+,17?,18?/m1/s1. The Kier molecular flexibility index (Phi) is 1.98. The van der Waals surface area contributed by atoms with Crippen LogP contribution in [0.5, 0.6) is 0 Å². The molecule has 4 unspecified atom stereocenters. The van der Waals surface area contributed by atoms with Crippen LogP contribution in [0.3, 0.4) is 0 Å². The predicted octanol–water partition coefficient (Wildman–Crippen LogP) is 2.41. The Morgan fingerprint density at radius 2 is 1.78 bits per heavy atom. The monoisotopic (exact) mass is 328 g/mol. The normalized spacial score (nSPS) is 50.3. The lowest BCUT2D eigenvalue weighted by Crippen LogP contribution is -2.90. The molecule has 6 aliphatic rings. The van der Waals surface area contributed by atoms with Gasteiger partial charge in [-0.25, -0.2) is 4.83 Å². The van der Waals surface area contributed by atoms with Crippen molar-refractivity contribution in [3.8, 4) is 0 Å². The number of hydrazone groups is 1. The van der Waals surface area contributed by atoms with E-state index in [0.29, 0.717) is 5.41 Å². The molecule has 1 aromatic carbocycles. The molecule has 0 aliphatic heterocycles. The third kappa shape index (κ3) is 1.10. The van der Waals surface area contributed by atoms with Gasteiger partial charge in [0, 0.05) is 11.1 Å². The van der Waals surface area contributed by atoms with Gasteiger partial charge in [-0.2, -0.15) is 13.5 Å². The fourth-order valence-electron chi connectivity index (χ4n) is 7.61. The minimum atomic E-state index is -3.56. The van der Waals surface area contributed by atoms with Gasteiger partial charge in [0.05, 0.1) is 4.90 Å². The summed E-state index contributed by atoms with van der Waals surface area (Å²) in [5.74, 6) is 6.41. The predicted molar refractivity (Wildman–Crippen MR) is 86.1 cm³/mol. The molecule has 7 rings (SSSR count). The maximum Gasteiger partial charge on any atom is 0.276 e. The van der Waals surface area contributed by atoms with Crippen LogP contribution < -0.4 is 4.83 Å². The van der Waals surface area contributed by atoms with Gasteiger partial charge in [0.15, 0.2) is 0 Å². The first kappa shape index (κ1) is 13.0. The molecule has 23 heavy (non-hydrogen) atoms. The van der Waals surface area contributed by atoms with Gasteiger partial charge in [0.1, 0.15) is 0 Å². The molecule has 0 spiro atoms.